The topological polar surface area (TPSA) is 71.7 Å². The van der Waals surface area contributed by atoms with E-state index in [0.29, 0.717) is 22.0 Å². The van der Waals surface area contributed by atoms with Crippen molar-refractivity contribution in [3.05, 3.63) is 61.8 Å². The molecule has 0 radical (unpaired) electrons. The second-order valence-electron chi connectivity index (χ2n) is 5.67. The molecule has 0 aliphatic rings. The van der Waals surface area contributed by atoms with Crippen molar-refractivity contribution in [3.63, 3.8) is 0 Å². The largest absolute Gasteiger partial charge is 0.480 e. The molecule has 0 fully saturated rings. The number of benzene rings is 2. The van der Waals surface area contributed by atoms with Crippen molar-refractivity contribution in [2.24, 2.45) is 4.99 Å². The number of aliphatic carboxylic acids is 1. The summed E-state index contributed by atoms with van der Waals surface area (Å²) in [5.41, 5.74) is 0.872. The number of nitrogens with zero attached hydrogens (tertiary/aromatic N) is 2. The van der Waals surface area contributed by atoms with Crippen molar-refractivity contribution in [1.29, 1.82) is 0 Å². The normalized spacial score (nSPS) is 13.1. The first-order valence-electron chi connectivity index (χ1n) is 7.89. The van der Waals surface area contributed by atoms with Crippen LogP contribution >= 0.6 is 46.1 Å². The molecule has 1 atom stereocenters. The molecular weight excluding hydrogens is 431 g/mol. The van der Waals surface area contributed by atoms with E-state index in [4.69, 9.17) is 34.8 Å². The molecule has 1 N–H and O–H groups in total. The molecule has 1 aromatic heterocycles. The average Bonchev–Trinajstić information content (AvgIpc) is 2.95. The summed E-state index contributed by atoms with van der Waals surface area (Å²) in [7, 11) is 0. The van der Waals surface area contributed by atoms with E-state index in [1.54, 1.807) is 25.1 Å². The van der Waals surface area contributed by atoms with Gasteiger partial charge in [0.1, 0.15) is 6.04 Å². The highest BCUT2D eigenvalue weighted by Gasteiger charge is 2.22. The van der Waals surface area contributed by atoms with E-state index >= 15 is 0 Å². The highest BCUT2D eigenvalue weighted by atomic mass is 35.5. The fourth-order valence-electron chi connectivity index (χ4n) is 2.64. The van der Waals surface area contributed by atoms with E-state index in [0.717, 1.165) is 4.70 Å². The summed E-state index contributed by atoms with van der Waals surface area (Å²) < 4.78 is 2.31. The van der Waals surface area contributed by atoms with E-state index < -0.39 is 17.9 Å². The highest BCUT2D eigenvalue weighted by molar-refractivity contribution is 7.16. The quantitative estimate of drug-likeness (QED) is 0.583. The van der Waals surface area contributed by atoms with Gasteiger partial charge in [0.25, 0.3) is 5.91 Å². The third-order valence-corrected chi connectivity index (χ3v) is 5.94. The summed E-state index contributed by atoms with van der Waals surface area (Å²) in [6.07, 6.45) is 0.321. The van der Waals surface area contributed by atoms with Crippen LogP contribution in [0.15, 0.2) is 41.4 Å². The van der Waals surface area contributed by atoms with Gasteiger partial charge in [0, 0.05) is 10.6 Å². The number of thiazole rings is 1. The first-order chi connectivity index (χ1) is 12.8. The number of carbonyl (C=O) groups excluding carboxylic acids is 1. The number of carboxylic acids is 1. The minimum absolute atomic E-state index is 0.241. The van der Waals surface area contributed by atoms with Crippen LogP contribution in [0.5, 0.6) is 0 Å². The number of hydrogen-bond acceptors (Lipinski definition) is 3. The number of halogens is 3. The van der Waals surface area contributed by atoms with Gasteiger partial charge in [0.2, 0.25) is 0 Å². The summed E-state index contributed by atoms with van der Waals surface area (Å²) in [6, 6.07) is 8.73. The summed E-state index contributed by atoms with van der Waals surface area (Å²) in [5, 5.41) is 10.6. The average molecular weight is 444 g/mol. The van der Waals surface area contributed by atoms with Crippen molar-refractivity contribution in [1.82, 2.24) is 4.57 Å². The highest BCUT2D eigenvalue weighted by Crippen LogP contribution is 2.26. The number of amides is 1. The van der Waals surface area contributed by atoms with Crippen molar-refractivity contribution in [3.8, 4) is 0 Å². The molecule has 3 aromatic rings. The Morgan fingerprint density at radius 1 is 1.15 bits per heavy atom. The molecule has 0 saturated carbocycles. The SMILES string of the molecule is CCC(C(=O)O)n1/c(=N/C(=O)c2ccc(Cl)c(Cl)c2)sc2ccc(Cl)cc21. The molecule has 0 bridgehead atoms. The standard InChI is InChI=1S/C18H13Cl3N2O3S/c1-2-13(17(25)26)23-14-8-10(19)4-6-15(14)27-18(23)22-16(24)9-3-5-11(20)12(21)7-9/h3-8,13H,2H2,1H3,(H,25,26)/b22-18-. The van der Waals surface area contributed by atoms with Crippen molar-refractivity contribution in [2.75, 3.05) is 0 Å². The lowest BCUT2D eigenvalue weighted by atomic mass is 10.2. The molecule has 0 saturated heterocycles. The summed E-state index contributed by atoms with van der Waals surface area (Å²) in [6.45, 7) is 1.75. The molecule has 1 heterocycles. The third-order valence-electron chi connectivity index (χ3n) is 3.94. The molecule has 2 aromatic carbocycles. The molecule has 3 rings (SSSR count). The maximum absolute atomic E-state index is 12.6. The van der Waals surface area contributed by atoms with E-state index in [9.17, 15) is 14.7 Å². The summed E-state index contributed by atoms with van der Waals surface area (Å²) >= 11 is 19.1. The number of hydrogen-bond donors (Lipinski definition) is 1. The maximum Gasteiger partial charge on any atom is 0.326 e. The Morgan fingerprint density at radius 2 is 1.89 bits per heavy atom. The molecular formula is C18H13Cl3N2O3S. The summed E-state index contributed by atoms with van der Waals surface area (Å²) in [4.78, 5) is 28.8. The van der Waals surface area contributed by atoms with E-state index in [1.165, 1.54) is 34.1 Å². The van der Waals surface area contributed by atoms with Crippen molar-refractivity contribution >= 4 is 68.2 Å². The number of carboxylic acid groups (broad SMARTS) is 1. The van der Waals surface area contributed by atoms with Crippen molar-refractivity contribution in [2.45, 2.75) is 19.4 Å². The van der Waals surface area contributed by atoms with Gasteiger partial charge in [-0.2, -0.15) is 4.99 Å². The maximum atomic E-state index is 12.6. The summed E-state index contributed by atoms with van der Waals surface area (Å²) in [5.74, 6) is -1.55. The van der Waals surface area contributed by atoms with Crippen LogP contribution in [0.25, 0.3) is 10.2 Å². The number of aromatic nitrogens is 1. The van der Waals surface area contributed by atoms with E-state index in [2.05, 4.69) is 4.99 Å². The minimum Gasteiger partial charge on any atom is -0.480 e. The Labute approximate surface area is 173 Å². The van der Waals surface area contributed by atoms with Crippen LogP contribution in [0.1, 0.15) is 29.7 Å². The molecule has 1 unspecified atom stereocenters. The van der Waals surface area contributed by atoms with Gasteiger partial charge in [0.05, 0.1) is 20.3 Å². The lowest BCUT2D eigenvalue weighted by Crippen LogP contribution is -2.27. The lowest BCUT2D eigenvalue weighted by Gasteiger charge is -2.13. The van der Waals surface area contributed by atoms with Gasteiger partial charge in [0.15, 0.2) is 4.80 Å². The van der Waals surface area contributed by atoms with Crippen LogP contribution in [-0.2, 0) is 4.79 Å². The zero-order valence-corrected chi connectivity index (χ0v) is 17.0. The van der Waals surface area contributed by atoms with Gasteiger partial charge in [-0.1, -0.05) is 53.1 Å². The number of fused-ring (bicyclic) bond motifs is 1. The molecule has 140 valence electrons. The minimum atomic E-state index is -1.01. The van der Waals surface area contributed by atoms with Crippen LogP contribution in [0.4, 0.5) is 0 Å². The molecule has 0 spiro atoms. The molecule has 5 nitrogen and oxygen atoms in total. The van der Waals surface area contributed by atoms with Gasteiger partial charge in [-0.15, -0.1) is 0 Å². The smallest absolute Gasteiger partial charge is 0.326 e. The first kappa shape index (κ1) is 19.9. The fourth-order valence-corrected chi connectivity index (χ4v) is 4.15. The fraction of sp³-hybridized carbons (Fsp3) is 0.167. The number of carbonyl (C=O) groups is 2. The predicted octanol–water partition coefficient (Wildman–Crippen LogP) is 5.44. The first-order valence-corrected chi connectivity index (χ1v) is 9.84. The van der Waals surface area contributed by atoms with Gasteiger partial charge >= 0.3 is 5.97 Å². The third kappa shape index (κ3) is 4.04. The van der Waals surface area contributed by atoms with Crippen LogP contribution in [-0.4, -0.2) is 21.6 Å². The molecule has 27 heavy (non-hydrogen) atoms. The Bertz CT molecular complexity index is 1120. The van der Waals surface area contributed by atoms with Crippen LogP contribution in [0, 0.1) is 0 Å². The Hall–Kier alpha value is -1.86. The van der Waals surface area contributed by atoms with Crippen LogP contribution < -0.4 is 4.80 Å². The van der Waals surface area contributed by atoms with E-state index in [-0.39, 0.29) is 15.4 Å². The predicted molar refractivity (Wildman–Crippen MR) is 108 cm³/mol. The Balaban J connectivity index is 2.23. The monoisotopic (exact) mass is 442 g/mol. The molecule has 1 amide bonds. The zero-order chi connectivity index (χ0) is 19.7. The molecule has 0 aliphatic heterocycles. The van der Waals surface area contributed by atoms with Gasteiger partial charge in [-0.3, -0.25) is 4.79 Å². The van der Waals surface area contributed by atoms with Crippen LogP contribution in [0.3, 0.4) is 0 Å². The van der Waals surface area contributed by atoms with Crippen molar-refractivity contribution < 1.29 is 14.7 Å². The number of rotatable bonds is 4. The lowest BCUT2D eigenvalue weighted by molar-refractivity contribution is -0.140. The Kier molecular flexibility index (Phi) is 5.91. The van der Waals surface area contributed by atoms with Gasteiger partial charge in [-0.25, -0.2) is 4.79 Å². The van der Waals surface area contributed by atoms with Gasteiger partial charge in [-0.05, 0) is 42.8 Å². The second kappa shape index (κ2) is 8.02. The molecule has 0 aliphatic carbocycles. The zero-order valence-electron chi connectivity index (χ0n) is 13.9. The van der Waals surface area contributed by atoms with E-state index in [1.807, 2.05) is 0 Å². The Morgan fingerprint density at radius 3 is 2.52 bits per heavy atom. The molecule has 9 heteroatoms. The van der Waals surface area contributed by atoms with Gasteiger partial charge < -0.3 is 9.67 Å². The second-order valence-corrected chi connectivity index (χ2v) is 7.93. The van der Waals surface area contributed by atoms with Crippen LogP contribution in [0.2, 0.25) is 15.1 Å².